The molecule has 1 aromatic carbocycles. The zero-order valence-electron chi connectivity index (χ0n) is 17.2. The average molecular weight is 531 g/mol. The lowest BCUT2D eigenvalue weighted by atomic mass is 10.2. The van der Waals surface area contributed by atoms with Crippen LogP contribution in [0.2, 0.25) is 0 Å². The standard InChI is InChI=1S/C19H31F2N3O4.HI/c1-4-22-19(23-9-6-10-26-12-11-25-3)24-14-15-7-8-16(28-18(20)21)17(13-15)27-5-2;/h7-8,13,18H,4-6,9-12,14H2,1-3H3,(H2,22,23,24);1H. The third kappa shape index (κ3) is 12.7. The maximum absolute atomic E-state index is 12.5. The zero-order chi connectivity index (χ0) is 20.6. The molecule has 10 heteroatoms. The lowest BCUT2D eigenvalue weighted by molar-refractivity contribution is -0.0514. The van der Waals surface area contributed by atoms with Crippen LogP contribution in [0.1, 0.15) is 25.8 Å². The van der Waals surface area contributed by atoms with E-state index in [0.29, 0.717) is 45.5 Å². The van der Waals surface area contributed by atoms with Crippen LogP contribution in [0, 0.1) is 0 Å². The summed E-state index contributed by atoms with van der Waals surface area (Å²) >= 11 is 0. The number of halogens is 3. The number of hydrogen-bond donors (Lipinski definition) is 2. The predicted molar refractivity (Wildman–Crippen MR) is 120 cm³/mol. The number of ether oxygens (including phenoxy) is 4. The van der Waals surface area contributed by atoms with E-state index in [-0.39, 0.29) is 35.5 Å². The van der Waals surface area contributed by atoms with Crippen LogP contribution in [0.3, 0.4) is 0 Å². The molecule has 0 bridgehead atoms. The van der Waals surface area contributed by atoms with E-state index in [1.807, 2.05) is 6.92 Å². The number of alkyl halides is 2. The van der Waals surface area contributed by atoms with Crippen molar-refractivity contribution in [2.75, 3.05) is 46.6 Å². The summed E-state index contributed by atoms with van der Waals surface area (Å²) in [5, 5.41) is 6.40. The van der Waals surface area contributed by atoms with E-state index in [9.17, 15) is 8.78 Å². The molecule has 0 aliphatic heterocycles. The van der Waals surface area contributed by atoms with Gasteiger partial charge < -0.3 is 29.6 Å². The van der Waals surface area contributed by atoms with Gasteiger partial charge in [-0.1, -0.05) is 6.07 Å². The molecule has 0 aliphatic rings. The first-order chi connectivity index (χ1) is 13.6. The first kappa shape index (κ1) is 27.6. The molecule has 0 aromatic heterocycles. The van der Waals surface area contributed by atoms with Crippen LogP contribution in [-0.4, -0.2) is 59.2 Å². The van der Waals surface area contributed by atoms with Gasteiger partial charge in [-0.2, -0.15) is 8.78 Å². The van der Waals surface area contributed by atoms with Crippen molar-refractivity contribution in [2.24, 2.45) is 4.99 Å². The molecule has 168 valence electrons. The van der Waals surface area contributed by atoms with Crippen LogP contribution < -0.4 is 20.1 Å². The van der Waals surface area contributed by atoms with Crippen LogP contribution in [0.5, 0.6) is 11.5 Å². The van der Waals surface area contributed by atoms with Crippen molar-refractivity contribution in [3.8, 4) is 11.5 Å². The topological polar surface area (TPSA) is 73.3 Å². The largest absolute Gasteiger partial charge is 0.490 e. The summed E-state index contributed by atoms with van der Waals surface area (Å²) in [5.41, 5.74) is 0.824. The maximum Gasteiger partial charge on any atom is 0.387 e. The third-order valence-corrected chi connectivity index (χ3v) is 3.48. The van der Waals surface area contributed by atoms with Gasteiger partial charge in [-0.15, -0.1) is 24.0 Å². The normalized spacial score (nSPS) is 11.2. The number of rotatable bonds is 14. The van der Waals surface area contributed by atoms with Crippen molar-refractivity contribution in [3.05, 3.63) is 23.8 Å². The highest BCUT2D eigenvalue weighted by Gasteiger charge is 2.11. The molecule has 0 heterocycles. The van der Waals surface area contributed by atoms with E-state index in [1.165, 1.54) is 6.07 Å². The third-order valence-electron chi connectivity index (χ3n) is 3.48. The Hall–Kier alpha value is -1.40. The summed E-state index contributed by atoms with van der Waals surface area (Å²) < 4.78 is 45.2. The SMILES string of the molecule is CCNC(=NCc1ccc(OC(F)F)c(OCC)c1)NCCCOCCOC.I. The molecule has 0 saturated heterocycles. The van der Waals surface area contributed by atoms with E-state index in [0.717, 1.165) is 18.5 Å². The molecule has 0 spiro atoms. The number of benzene rings is 1. The van der Waals surface area contributed by atoms with E-state index >= 15 is 0 Å². The summed E-state index contributed by atoms with van der Waals surface area (Å²) in [6, 6.07) is 4.83. The number of hydrogen-bond acceptors (Lipinski definition) is 5. The van der Waals surface area contributed by atoms with Gasteiger partial charge in [0.25, 0.3) is 0 Å². The highest BCUT2D eigenvalue weighted by atomic mass is 127. The number of methoxy groups -OCH3 is 1. The molecule has 0 fully saturated rings. The highest BCUT2D eigenvalue weighted by Crippen LogP contribution is 2.30. The van der Waals surface area contributed by atoms with Crippen LogP contribution in [0.15, 0.2) is 23.2 Å². The Balaban J connectivity index is 0.00000784. The zero-order valence-corrected chi connectivity index (χ0v) is 19.5. The fourth-order valence-electron chi connectivity index (χ4n) is 2.25. The Bertz CT molecular complexity index is 580. The van der Waals surface area contributed by atoms with Gasteiger partial charge in [0.1, 0.15) is 0 Å². The minimum Gasteiger partial charge on any atom is -0.490 e. The Labute approximate surface area is 188 Å². The van der Waals surface area contributed by atoms with Gasteiger partial charge in [0, 0.05) is 26.8 Å². The number of guanidine groups is 1. The van der Waals surface area contributed by atoms with Gasteiger partial charge in [-0.25, -0.2) is 4.99 Å². The van der Waals surface area contributed by atoms with Gasteiger partial charge in [0.05, 0.1) is 26.4 Å². The summed E-state index contributed by atoms with van der Waals surface area (Å²) in [4.78, 5) is 4.51. The Morgan fingerprint density at radius 2 is 1.90 bits per heavy atom. The van der Waals surface area contributed by atoms with Crippen molar-refractivity contribution >= 4 is 29.9 Å². The monoisotopic (exact) mass is 531 g/mol. The molecule has 2 N–H and O–H groups in total. The van der Waals surface area contributed by atoms with Crippen LogP contribution in [0.4, 0.5) is 8.78 Å². The van der Waals surface area contributed by atoms with Crippen molar-refractivity contribution in [3.63, 3.8) is 0 Å². The van der Waals surface area contributed by atoms with Gasteiger partial charge in [0.2, 0.25) is 0 Å². The second kappa shape index (κ2) is 17.5. The molecule has 0 amide bonds. The Morgan fingerprint density at radius 1 is 1.10 bits per heavy atom. The van der Waals surface area contributed by atoms with Crippen LogP contribution >= 0.6 is 24.0 Å². The molecule has 0 saturated carbocycles. The van der Waals surface area contributed by atoms with Crippen molar-refractivity contribution in [1.82, 2.24) is 10.6 Å². The number of nitrogens with one attached hydrogen (secondary N) is 2. The molecular formula is C19H32F2IN3O4. The quantitative estimate of drug-likeness (QED) is 0.166. The van der Waals surface area contributed by atoms with E-state index in [2.05, 4.69) is 20.4 Å². The molecule has 0 unspecified atom stereocenters. The summed E-state index contributed by atoms with van der Waals surface area (Å²) in [5.74, 6) is 0.968. The first-order valence-electron chi connectivity index (χ1n) is 9.40. The highest BCUT2D eigenvalue weighted by molar-refractivity contribution is 14.0. The van der Waals surface area contributed by atoms with Crippen molar-refractivity contribution in [2.45, 2.75) is 33.4 Å². The summed E-state index contributed by atoms with van der Waals surface area (Å²) in [7, 11) is 1.64. The second-order valence-corrected chi connectivity index (χ2v) is 5.67. The van der Waals surface area contributed by atoms with E-state index in [4.69, 9.17) is 14.2 Å². The van der Waals surface area contributed by atoms with Gasteiger partial charge in [0.15, 0.2) is 17.5 Å². The molecule has 7 nitrogen and oxygen atoms in total. The molecular weight excluding hydrogens is 499 g/mol. The summed E-state index contributed by atoms with van der Waals surface area (Å²) in [6.45, 7) is 4.83. The smallest absolute Gasteiger partial charge is 0.387 e. The molecule has 1 aromatic rings. The minimum atomic E-state index is -2.90. The lowest BCUT2D eigenvalue weighted by Crippen LogP contribution is -2.38. The first-order valence-corrected chi connectivity index (χ1v) is 9.40. The number of nitrogens with zero attached hydrogens (tertiary/aromatic N) is 1. The average Bonchev–Trinajstić information content (AvgIpc) is 2.67. The Morgan fingerprint density at radius 3 is 2.55 bits per heavy atom. The van der Waals surface area contributed by atoms with Crippen molar-refractivity contribution < 1.29 is 27.7 Å². The molecule has 1 rings (SSSR count). The fourth-order valence-corrected chi connectivity index (χ4v) is 2.25. The lowest BCUT2D eigenvalue weighted by Gasteiger charge is -2.13. The van der Waals surface area contributed by atoms with Crippen LogP contribution in [-0.2, 0) is 16.0 Å². The number of aliphatic imine (C=N–C) groups is 1. The predicted octanol–water partition coefficient (Wildman–Crippen LogP) is 3.41. The van der Waals surface area contributed by atoms with Crippen molar-refractivity contribution in [1.29, 1.82) is 0 Å². The second-order valence-electron chi connectivity index (χ2n) is 5.67. The molecule has 0 atom stereocenters. The van der Waals surface area contributed by atoms with Gasteiger partial charge in [-0.05, 0) is 38.0 Å². The molecule has 29 heavy (non-hydrogen) atoms. The van der Waals surface area contributed by atoms with E-state index in [1.54, 1.807) is 26.2 Å². The fraction of sp³-hybridized carbons (Fsp3) is 0.632. The Kier molecular flexibility index (Phi) is 16.6. The molecule has 0 aliphatic carbocycles. The molecule has 0 radical (unpaired) electrons. The van der Waals surface area contributed by atoms with Crippen LogP contribution in [0.25, 0.3) is 0 Å². The minimum absolute atomic E-state index is 0. The van der Waals surface area contributed by atoms with E-state index < -0.39 is 6.61 Å². The summed E-state index contributed by atoms with van der Waals surface area (Å²) in [6.07, 6.45) is 0.836. The van der Waals surface area contributed by atoms with Gasteiger partial charge in [-0.3, -0.25) is 0 Å². The van der Waals surface area contributed by atoms with Gasteiger partial charge >= 0.3 is 6.61 Å². The maximum atomic E-state index is 12.5.